The summed E-state index contributed by atoms with van der Waals surface area (Å²) in [5.74, 6) is 1.01. The molecule has 1 atom stereocenters. The van der Waals surface area contributed by atoms with Crippen LogP contribution in [0.1, 0.15) is 12.0 Å². The van der Waals surface area contributed by atoms with Crippen molar-refractivity contribution < 1.29 is 0 Å². The number of rotatable bonds is 8. The molecule has 0 heterocycles. The summed E-state index contributed by atoms with van der Waals surface area (Å²) >= 11 is 7.68. The fraction of sp³-hybridized carbons (Fsp3) is 0.294. The van der Waals surface area contributed by atoms with Crippen LogP contribution in [0.2, 0.25) is 5.02 Å². The summed E-state index contributed by atoms with van der Waals surface area (Å²) in [6, 6.07) is 18.9. The van der Waals surface area contributed by atoms with E-state index in [1.807, 2.05) is 31.3 Å². The third kappa shape index (κ3) is 6.00. The van der Waals surface area contributed by atoms with E-state index in [1.54, 1.807) is 11.9 Å². The van der Waals surface area contributed by atoms with E-state index < -0.39 is 0 Å². The molecule has 0 aliphatic heterocycles. The molecule has 2 rings (SSSR count). The Morgan fingerprint density at radius 1 is 1.10 bits per heavy atom. The smallest absolute Gasteiger partial charge is 0.0454 e. The minimum atomic E-state index is 0.488. The maximum absolute atomic E-state index is 5.97. The lowest BCUT2D eigenvalue weighted by Crippen LogP contribution is -2.28. The Labute approximate surface area is 136 Å². The highest BCUT2D eigenvalue weighted by atomic mass is 35.5. The summed E-state index contributed by atoms with van der Waals surface area (Å²) in [5.41, 5.74) is 2.44. The van der Waals surface area contributed by atoms with Crippen molar-refractivity contribution in [2.75, 3.05) is 17.5 Å². The summed E-state index contributed by atoms with van der Waals surface area (Å²) in [6.45, 7) is 0. The third-order valence-electron chi connectivity index (χ3n) is 3.33. The van der Waals surface area contributed by atoms with Crippen LogP contribution in [0.15, 0.2) is 54.6 Å². The average Bonchev–Trinajstić information content (AvgIpc) is 2.52. The predicted octanol–water partition coefficient (Wildman–Crippen LogP) is 4.62. The molecule has 112 valence electrons. The van der Waals surface area contributed by atoms with Gasteiger partial charge in [-0.05, 0) is 43.7 Å². The molecule has 2 aromatic carbocycles. The minimum Gasteiger partial charge on any atom is -0.330 e. The lowest BCUT2D eigenvalue weighted by Gasteiger charge is -2.16. The summed E-state index contributed by atoms with van der Waals surface area (Å²) in [7, 11) is 2.02. The molecule has 0 fully saturated rings. The second kappa shape index (κ2) is 8.98. The van der Waals surface area contributed by atoms with Crippen molar-refractivity contribution in [2.24, 2.45) is 0 Å². The van der Waals surface area contributed by atoms with Crippen LogP contribution in [0.25, 0.3) is 0 Å². The van der Waals surface area contributed by atoms with Gasteiger partial charge in [-0.3, -0.25) is 0 Å². The third-order valence-corrected chi connectivity index (χ3v) is 4.52. The fourth-order valence-corrected chi connectivity index (χ4v) is 3.18. The number of hydrogen-bond acceptors (Lipinski definition) is 3. The van der Waals surface area contributed by atoms with Crippen LogP contribution in [0, 0.1) is 0 Å². The number of benzene rings is 2. The standard InChI is InChI=1S/C17H21ClN2S/c1-19-17(11-10-14-6-3-2-4-7-14)13-21-20-16-9-5-8-15(18)12-16/h2-9,12,17,19-20H,10-11,13H2,1H3/t17-/m0/s1. The van der Waals surface area contributed by atoms with Gasteiger partial charge >= 0.3 is 0 Å². The monoisotopic (exact) mass is 320 g/mol. The van der Waals surface area contributed by atoms with Gasteiger partial charge in [-0.2, -0.15) is 0 Å². The van der Waals surface area contributed by atoms with Crippen molar-refractivity contribution in [1.82, 2.24) is 5.32 Å². The highest BCUT2D eigenvalue weighted by Gasteiger charge is 2.06. The van der Waals surface area contributed by atoms with Gasteiger partial charge in [0.25, 0.3) is 0 Å². The summed E-state index contributed by atoms with van der Waals surface area (Å²) in [4.78, 5) is 0. The van der Waals surface area contributed by atoms with Crippen molar-refractivity contribution in [3.63, 3.8) is 0 Å². The van der Waals surface area contributed by atoms with Gasteiger partial charge in [-0.1, -0.05) is 59.9 Å². The zero-order chi connectivity index (χ0) is 14.9. The van der Waals surface area contributed by atoms with Gasteiger partial charge in [0, 0.05) is 22.5 Å². The molecule has 0 aliphatic rings. The van der Waals surface area contributed by atoms with E-state index >= 15 is 0 Å². The van der Waals surface area contributed by atoms with Crippen molar-refractivity contribution >= 4 is 29.2 Å². The number of aryl methyl sites for hydroxylation is 1. The Kier molecular flexibility index (Phi) is 6.93. The molecule has 21 heavy (non-hydrogen) atoms. The van der Waals surface area contributed by atoms with Crippen LogP contribution in [0.3, 0.4) is 0 Å². The van der Waals surface area contributed by atoms with Crippen molar-refractivity contribution in [1.29, 1.82) is 0 Å². The molecule has 0 saturated carbocycles. The summed E-state index contributed by atoms with van der Waals surface area (Å²) in [5, 5.41) is 4.14. The topological polar surface area (TPSA) is 24.1 Å². The molecule has 0 aromatic heterocycles. The first-order valence-electron chi connectivity index (χ1n) is 7.12. The van der Waals surface area contributed by atoms with Crippen molar-refractivity contribution in [2.45, 2.75) is 18.9 Å². The summed E-state index contributed by atoms with van der Waals surface area (Å²) in [6.07, 6.45) is 2.23. The number of anilines is 1. The number of halogens is 1. The molecule has 2 N–H and O–H groups in total. The van der Waals surface area contributed by atoms with Gasteiger partial charge in [0.15, 0.2) is 0 Å². The largest absolute Gasteiger partial charge is 0.330 e. The van der Waals surface area contributed by atoms with Gasteiger partial charge in [0.1, 0.15) is 0 Å². The van der Waals surface area contributed by atoms with Gasteiger partial charge in [0.05, 0.1) is 0 Å². The first-order chi connectivity index (χ1) is 10.3. The Morgan fingerprint density at radius 2 is 1.90 bits per heavy atom. The van der Waals surface area contributed by atoms with E-state index in [0.717, 1.165) is 29.3 Å². The maximum atomic E-state index is 5.97. The Morgan fingerprint density at radius 3 is 2.62 bits per heavy atom. The van der Waals surface area contributed by atoms with Crippen LogP contribution in [-0.4, -0.2) is 18.8 Å². The zero-order valence-corrected chi connectivity index (χ0v) is 13.8. The molecule has 4 heteroatoms. The Bertz CT molecular complexity index is 533. The van der Waals surface area contributed by atoms with Crippen LogP contribution in [0.4, 0.5) is 5.69 Å². The van der Waals surface area contributed by atoms with Crippen LogP contribution >= 0.6 is 23.5 Å². The Hall–Kier alpha value is -1.16. The van der Waals surface area contributed by atoms with Gasteiger partial charge in [-0.15, -0.1) is 0 Å². The quantitative estimate of drug-likeness (QED) is 0.694. The van der Waals surface area contributed by atoms with E-state index in [9.17, 15) is 0 Å². The predicted molar refractivity (Wildman–Crippen MR) is 95.1 cm³/mol. The molecular weight excluding hydrogens is 300 g/mol. The molecule has 0 amide bonds. The van der Waals surface area contributed by atoms with Crippen molar-refractivity contribution in [3.8, 4) is 0 Å². The summed E-state index contributed by atoms with van der Waals surface area (Å²) < 4.78 is 3.34. The number of hydrogen-bond donors (Lipinski definition) is 2. The van der Waals surface area contributed by atoms with E-state index in [0.29, 0.717) is 6.04 Å². The molecule has 2 nitrogen and oxygen atoms in total. The minimum absolute atomic E-state index is 0.488. The zero-order valence-electron chi connectivity index (χ0n) is 12.2. The SMILES string of the molecule is CN[C@@H](CCc1ccccc1)CSNc1cccc(Cl)c1. The van der Waals surface area contributed by atoms with Gasteiger partial charge < -0.3 is 10.0 Å². The first-order valence-corrected chi connectivity index (χ1v) is 8.49. The molecule has 0 bridgehead atoms. The van der Waals surface area contributed by atoms with Crippen molar-refractivity contribution in [3.05, 3.63) is 65.2 Å². The van der Waals surface area contributed by atoms with E-state index in [4.69, 9.17) is 11.6 Å². The van der Waals surface area contributed by atoms with E-state index in [1.165, 1.54) is 5.56 Å². The maximum Gasteiger partial charge on any atom is 0.0454 e. The lowest BCUT2D eigenvalue weighted by molar-refractivity contribution is 0.573. The van der Waals surface area contributed by atoms with Gasteiger partial charge in [-0.25, -0.2) is 0 Å². The first kappa shape index (κ1) is 16.2. The second-order valence-corrected chi connectivity index (χ2v) is 6.20. The van der Waals surface area contributed by atoms with Crippen LogP contribution in [0.5, 0.6) is 0 Å². The Balaban J connectivity index is 1.72. The van der Waals surface area contributed by atoms with E-state index in [2.05, 4.69) is 40.4 Å². The molecule has 0 radical (unpaired) electrons. The molecular formula is C17H21ClN2S. The highest BCUT2D eigenvalue weighted by Crippen LogP contribution is 2.19. The van der Waals surface area contributed by atoms with Gasteiger partial charge in [0.2, 0.25) is 0 Å². The number of nitrogens with one attached hydrogen (secondary N) is 2. The molecule has 0 saturated heterocycles. The molecule has 0 aliphatic carbocycles. The van der Waals surface area contributed by atoms with E-state index in [-0.39, 0.29) is 0 Å². The van der Waals surface area contributed by atoms with Crippen LogP contribution < -0.4 is 10.0 Å². The van der Waals surface area contributed by atoms with Crippen LogP contribution in [-0.2, 0) is 6.42 Å². The average molecular weight is 321 g/mol. The highest BCUT2D eigenvalue weighted by molar-refractivity contribution is 8.00. The molecule has 0 unspecified atom stereocenters. The lowest BCUT2D eigenvalue weighted by atomic mass is 10.1. The molecule has 2 aromatic rings. The fourth-order valence-electron chi connectivity index (χ4n) is 2.07. The second-order valence-electron chi connectivity index (χ2n) is 4.93. The molecule has 0 spiro atoms. The normalized spacial score (nSPS) is 12.1.